The lowest BCUT2D eigenvalue weighted by atomic mass is 9.83. The van der Waals surface area contributed by atoms with E-state index in [2.05, 4.69) is 164 Å². The molecule has 9 aromatic rings. The van der Waals surface area contributed by atoms with Gasteiger partial charge in [-0.15, -0.1) is 0 Å². The fourth-order valence-corrected chi connectivity index (χ4v) is 7.17. The second kappa shape index (κ2) is 11.8. The molecule has 7 aromatic carbocycles. The Hall–Kier alpha value is -6.38. The zero-order chi connectivity index (χ0) is 31.9. The second-order valence-corrected chi connectivity index (χ2v) is 12.1. The van der Waals surface area contributed by atoms with Crippen molar-refractivity contribution < 1.29 is 0 Å². The summed E-state index contributed by atoms with van der Waals surface area (Å²) >= 11 is 0. The molecular weight excluding hydrogens is 581 g/mol. The van der Waals surface area contributed by atoms with Crippen LogP contribution in [0.4, 0.5) is 0 Å². The van der Waals surface area contributed by atoms with Gasteiger partial charge in [0.25, 0.3) is 0 Å². The average Bonchev–Trinajstić information content (AvgIpc) is 3.17. The van der Waals surface area contributed by atoms with Gasteiger partial charge in [0.2, 0.25) is 0 Å². The molecule has 0 atom stereocenters. The van der Waals surface area contributed by atoms with Crippen LogP contribution in [0.2, 0.25) is 0 Å². The van der Waals surface area contributed by atoms with Crippen molar-refractivity contribution in [2.45, 2.75) is 0 Å². The Balaban J connectivity index is 1.41. The first-order chi connectivity index (χ1) is 23.8. The smallest absolute Gasteiger partial charge is 0.0780 e. The Kier molecular flexibility index (Phi) is 6.84. The van der Waals surface area contributed by atoms with E-state index in [1.807, 2.05) is 18.5 Å². The van der Waals surface area contributed by atoms with Gasteiger partial charge in [0, 0.05) is 34.6 Å². The van der Waals surface area contributed by atoms with Gasteiger partial charge in [-0.05, 0) is 78.8 Å². The van der Waals surface area contributed by atoms with Gasteiger partial charge in [-0.1, -0.05) is 146 Å². The summed E-state index contributed by atoms with van der Waals surface area (Å²) in [5, 5.41) is 7.21. The van der Waals surface area contributed by atoms with Crippen LogP contribution in [0.5, 0.6) is 0 Å². The van der Waals surface area contributed by atoms with Gasteiger partial charge in [0.05, 0.1) is 11.4 Å². The van der Waals surface area contributed by atoms with E-state index in [0.29, 0.717) is 0 Å². The summed E-state index contributed by atoms with van der Waals surface area (Å²) in [7, 11) is 0. The minimum absolute atomic E-state index is 0.972. The van der Waals surface area contributed by atoms with Crippen molar-refractivity contribution in [3.63, 3.8) is 0 Å². The standard InChI is InChI=1S/C46H30N2/c1-3-14-32(15-4-1)45-40(21-11-27-47-45)43-37-19-9-10-20-38(37)44(41-22-12-28-48-46(41)33-16-5-2-6-17-33)42-30-36(25-26-39(42)43)35-24-23-31-13-7-8-18-34(31)29-35/h1-30H. The largest absolute Gasteiger partial charge is 0.256 e. The summed E-state index contributed by atoms with van der Waals surface area (Å²) in [5.74, 6) is 0. The monoisotopic (exact) mass is 610 g/mol. The molecule has 0 fully saturated rings. The number of fused-ring (bicyclic) bond motifs is 3. The Bertz CT molecular complexity index is 2610. The van der Waals surface area contributed by atoms with Crippen LogP contribution in [-0.4, -0.2) is 9.97 Å². The predicted octanol–water partition coefficient (Wildman–Crippen LogP) is 12.3. The third-order valence-corrected chi connectivity index (χ3v) is 9.36. The molecule has 0 bridgehead atoms. The molecular formula is C46H30N2. The molecule has 48 heavy (non-hydrogen) atoms. The Labute approximate surface area is 279 Å². The molecule has 2 heteroatoms. The zero-order valence-corrected chi connectivity index (χ0v) is 26.2. The quantitative estimate of drug-likeness (QED) is 0.181. The first-order valence-corrected chi connectivity index (χ1v) is 16.3. The fraction of sp³-hybridized carbons (Fsp3) is 0. The molecule has 0 radical (unpaired) electrons. The van der Waals surface area contributed by atoms with E-state index in [-0.39, 0.29) is 0 Å². The SMILES string of the molecule is c1ccc(-c2ncccc2-c2c3ccccc3c(-c3cccnc3-c3ccccc3)c3cc(-c4ccc5ccccc5c4)ccc23)cc1. The summed E-state index contributed by atoms with van der Waals surface area (Å²) in [6.07, 6.45) is 3.79. The van der Waals surface area contributed by atoms with E-state index in [0.717, 1.165) is 33.6 Å². The lowest BCUT2D eigenvalue weighted by Crippen LogP contribution is -1.96. The molecule has 0 aliphatic rings. The van der Waals surface area contributed by atoms with Crippen LogP contribution in [0.3, 0.4) is 0 Å². The summed E-state index contributed by atoms with van der Waals surface area (Å²) in [6.45, 7) is 0. The van der Waals surface area contributed by atoms with Gasteiger partial charge in [-0.3, -0.25) is 9.97 Å². The number of aromatic nitrogens is 2. The van der Waals surface area contributed by atoms with Gasteiger partial charge in [0.1, 0.15) is 0 Å². The van der Waals surface area contributed by atoms with Gasteiger partial charge >= 0.3 is 0 Å². The van der Waals surface area contributed by atoms with E-state index in [1.165, 1.54) is 54.6 Å². The van der Waals surface area contributed by atoms with Crippen molar-refractivity contribution in [2.24, 2.45) is 0 Å². The highest BCUT2D eigenvalue weighted by Gasteiger charge is 2.22. The first kappa shape index (κ1) is 27.9. The van der Waals surface area contributed by atoms with Gasteiger partial charge < -0.3 is 0 Å². The maximum atomic E-state index is 4.98. The lowest BCUT2D eigenvalue weighted by molar-refractivity contribution is 1.33. The lowest BCUT2D eigenvalue weighted by Gasteiger charge is -2.21. The predicted molar refractivity (Wildman–Crippen MR) is 202 cm³/mol. The summed E-state index contributed by atoms with van der Waals surface area (Å²) in [5.41, 5.74) is 11.1. The number of benzene rings is 7. The topological polar surface area (TPSA) is 25.8 Å². The number of pyridine rings is 2. The molecule has 0 aliphatic heterocycles. The highest BCUT2D eigenvalue weighted by molar-refractivity contribution is 6.23. The molecule has 0 unspecified atom stereocenters. The van der Waals surface area contributed by atoms with Crippen molar-refractivity contribution in [3.05, 3.63) is 182 Å². The molecule has 9 rings (SSSR count). The number of nitrogens with zero attached hydrogens (tertiary/aromatic N) is 2. The Morgan fingerprint density at radius 2 is 0.771 bits per heavy atom. The summed E-state index contributed by atoms with van der Waals surface area (Å²) < 4.78 is 0. The third-order valence-electron chi connectivity index (χ3n) is 9.36. The highest BCUT2D eigenvalue weighted by atomic mass is 14.7. The van der Waals surface area contributed by atoms with Crippen LogP contribution in [0.1, 0.15) is 0 Å². The molecule has 0 amide bonds. The zero-order valence-electron chi connectivity index (χ0n) is 26.2. The third kappa shape index (κ3) is 4.74. The fourth-order valence-electron chi connectivity index (χ4n) is 7.17. The van der Waals surface area contributed by atoms with Gasteiger partial charge in [-0.2, -0.15) is 0 Å². The minimum atomic E-state index is 0.972. The molecule has 2 aromatic heterocycles. The van der Waals surface area contributed by atoms with Crippen molar-refractivity contribution >= 4 is 32.3 Å². The number of hydrogen-bond donors (Lipinski definition) is 0. The normalized spacial score (nSPS) is 11.3. The van der Waals surface area contributed by atoms with Crippen molar-refractivity contribution in [1.29, 1.82) is 0 Å². The summed E-state index contributed by atoms with van der Waals surface area (Å²) in [6, 6.07) is 60.6. The van der Waals surface area contributed by atoms with Crippen LogP contribution >= 0.6 is 0 Å². The number of rotatable bonds is 5. The van der Waals surface area contributed by atoms with E-state index in [1.54, 1.807) is 0 Å². The van der Waals surface area contributed by atoms with Crippen LogP contribution in [0, 0.1) is 0 Å². The molecule has 0 saturated carbocycles. The Morgan fingerprint density at radius 1 is 0.292 bits per heavy atom. The maximum Gasteiger partial charge on any atom is 0.0780 e. The minimum Gasteiger partial charge on any atom is -0.256 e. The Morgan fingerprint density at radius 3 is 1.40 bits per heavy atom. The molecule has 224 valence electrons. The van der Waals surface area contributed by atoms with Crippen molar-refractivity contribution in [3.8, 4) is 55.9 Å². The second-order valence-electron chi connectivity index (χ2n) is 12.1. The van der Waals surface area contributed by atoms with Crippen LogP contribution in [0.25, 0.3) is 88.2 Å². The van der Waals surface area contributed by atoms with E-state index in [9.17, 15) is 0 Å². The summed E-state index contributed by atoms with van der Waals surface area (Å²) in [4.78, 5) is 9.94. The van der Waals surface area contributed by atoms with E-state index < -0.39 is 0 Å². The first-order valence-electron chi connectivity index (χ1n) is 16.3. The van der Waals surface area contributed by atoms with Crippen LogP contribution in [-0.2, 0) is 0 Å². The van der Waals surface area contributed by atoms with E-state index >= 15 is 0 Å². The molecule has 0 aliphatic carbocycles. The van der Waals surface area contributed by atoms with Gasteiger partial charge in [0.15, 0.2) is 0 Å². The average molecular weight is 611 g/mol. The molecule has 2 nitrogen and oxygen atoms in total. The van der Waals surface area contributed by atoms with Crippen molar-refractivity contribution in [1.82, 2.24) is 9.97 Å². The van der Waals surface area contributed by atoms with E-state index in [4.69, 9.17) is 9.97 Å². The molecule has 2 heterocycles. The maximum absolute atomic E-state index is 4.98. The van der Waals surface area contributed by atoms with Crippen LogP contribution < -0.4 is 0 Å². The molecule has 0 spiro atoms. The van der Waals surface area contributed by atoms with Gasteiger partial charge in [-0.25, -0.2) is 0 Å². The molecule has 0 saturated heterocycles. The highest BCUT2D eigenvalue weighted by Crippen LogP contribution is 2.48. The molecule has 0 N–H and O–H groups in total. The van der Waals surface area contributed by atoms with Crippen molar-refractivity contribution in [2.75, 3.05) is 0 Å². The number of hydrogen-bond acceptors (Lipinski definition) is 2. The van der Waals surface area contributed by atoms with Crippen LogP contribution in [0.15, 0.2) is 182 Å².